The number of primary amides is 1. The van der Waals surface area contributed by atoms with Crippen molar-refractivity contribution in [2.45, 2.75) is 13.0 Å². The molecular formula is C9H11FN2O. The summed E-state index contributed by atoms with van der Waals surface area (Å²) < 4.78 is 13.1. The van der Waals surface area contributed by atoms with E-state index in [4.69, 9.17) is 11.5 Å². The first kappa shape index (κ1) is 9.67. The van der Waals surface area contributed by atoms with Gasteiger partial charge in [-0.1, -0.05) is 0 Å². The molecule has 1 unspecified atom stereocenters. The lowest BCUT2D eigenvalue weighted by Crippen LogP contribution is -2.14. The van der Waals surface area contributed by atoms with E-state index < -0.39 is 17.8 Å². The van der Waals surface area contributed by atoms with Gasteiger partial charge in [0.1, 0.15) is 5.82 Å². The van der Waals surface area contributed by atoms with Crippen LogP contribution < -0.4 is 11.5 Å². The van der Waals surface area contributed by atoms with Crippen LogP contribution in [0.1, 0.15) is 28.9 Å². The third-order valence-corrected chi connectivity index (χ3v) is 1.77. The molecule has 0 heterocycles. The lowest BCUT2D eigenvalue weighted by molar-refractivity contribution is 0.1000. The predicted octanol–water partition coefficient (Wildman–Crippen LogP) is 0.944. The molecule has 0 aromatic heterocycles. The number of carbonyl (C=O) groups excluding carboxylic acids is 1. The summed E-state index contributed by atoms with van der Waals surface area (Å²) in [6.07, 6.45) is 0. The minimum Gasteiger partial charge on any atom is -0.366 e. The summed E-state index contributed by atoms with van der Waals surface area (Å²) in [5, 5.41) is 0. The van der Waals surface area contributed by atoms with Gasteiger partial charge < -0.3 is 11.5 Å². The largest absolute Gasteiger partial charge is 0.366 e. The lowest BCUT2D eigenvalue weighted by atomic mass is 10.0. The highest BCUT2D eigenvalue weighted by Crippen LogP contribution is 2.16. The van der Waals surface area contributed by atoms with Crippen LogP contribution in [0.25, 0.3) is 0 Å². The Labute approximate surface area is 75.5 Å². The molecule has 4 heteroatoms. The van der Waals surface area contributed by atoms with Crippen molar-refractivity contribution in [3.63, 3.8) is 0 Å². The Morgan fingerprint density at radius 2 is 2.15 bits per heavy atom. The van der Waals surface area contributed by atoms with Gasteiger partial charge in [-0.3, -0.25) is 4.79 Å². The zero-order valence-corrected chi connectivity index (χ0v) is 7.25. The van der Waals surface area contributed by atoms with E-state index in [0.29, 0.717) is 5.56 Å². The summed E-state index contributed by atoms with van der Waals surface area (Å²) >= 11 is 0. The van der Waals surface area contributed by atoms with Crippen LogP contribution in [0, 0.1) is 5.82 Å². The van der Waals surface area contributed by atoms with E-state index >= 15 is 0 Å². The summed E-state index contributed by atoms with van der Waals surface area (Å²) in [6, 6.07) is 3.46. The molecule has 1 aromatic carbocycles. The molecule has 1 amide bonds. The van der Waals surface area contributed by atoms with Crippen molar-refractivity contribution in [1.82, 2.24) is 0 Å². The standard InChI is InChI=1S/C9H11FN2O/c1-5(11)7-4-6(9(12)13)2-3-8(7)10/h2-5H,11H2,1H3,(H2,12,13). The molecule has 0 aliphatic heterocycles. The Morgan fingerprint density at radius 1 is 1.54 bits per heavy atom. The van der Waals surface area contributed by atoms with Crippen molar-refractivity contribution in [2.24, 2.45) is 11.5 Å². The molecule has 1 atom stereocenters. The van der Waals surface area contributed by atoms with E-state index in [9.17, 15) is 9.18 Å². The SMILES string of the molecule is CC(N)c1cc(C(N)=O)ccc1F. The van der Waals surface area contributed by atoms with Crippen LogP contribution in [0.15, 0.2) is 18.2 Å². The third kappa shape index (κ3) is 2.03. The van der Waals surface area contributed by atoms with Gasteiger partial charge in [-0.25, -0.2) is 4.39 Å². The number of carbonyl (C=O) groups is 1. The van der Waals surface area contributed by atoms with E-state index in [-0.39, 0.29) is 5.56 Å². The number of halogens is 1. The van der Waals surface area contributed by atoms with Gasteiger partial charge in [0.15, 0.2) is 0 Å². The number of nitrogens with two attached hydrogens (primary N) is 2. The summed E-state index contributed by atoms with van der Waals surface area (Å²) in [5.41, 5.74) is 11.1. The summed E-state index contributed by atoms with van der Waals surface area (Å²) in [6.45, 7) is 1.64. The van der Waals surface area contributed by atoms with E-state index in [1.165, 1.54) is 18.2 Å². The molecule has 4 N–H and O–H groups in total. The molecule has 0 aliphatic rings. The molecule has 13 heavy (non-hydrogen) atoms. The van der Waals surface area contributed by atoms with Gasteiger partial charge in [-0.15, -0.1) is 0 Å². The van der Waals surface area contributed by atoms with Crippen LogP contribution in [0.2, 0.25) is 0 Å². The molecule has 0 spiro atoms. The van der Waals surface area contributed by atoms with Crippen molar-refractivity contribution >= 4 is 5.91 Å². The van der Waals surface area contributed by atoms with Gasteiger partial charge in [0.05, 0.1) is 0 Å². The third-order valence-electron chi connectivity index (χ3n) is 1.77. The van der Waals surface area contributed by atoms with Gasteiger partial charge in [0.2, 0.25) is 5.91 Å². The van der Waals surface area contributed by atoms with Gasteiger partial charge in [0.25, 0.3) is 0 Å². The zero-order chi connectivity index (χ0) is 10.0. The Morgan fingerprint density at radius 3 is 2.62 bits per heavy atom. The smallest absolute Gasteiger partial charge is 0.248 e. The Kier molecular flexibility index (Phi) is 2.63. The molecule has 0 saturated carbocycles. The second kappa shape index (κ2) is 3.53. The molecule has 0 bridgehead atoms. The van der Waals surface area contributed by atoms with Gasteiger partial charge >= 0.3 is 0 Å². The van der Waals surface area contributed by atoms with Crippen molar-refractivity contribution in [3.8, 4) is 0 Å². The van der Waals surface area contributed by atoms with E-state index in [1.807, 2.05) is 0 Å². The maximum absolute atomic E-state index is 13.1. The van der Waals surface area contributed by atoms with Crippen LogP contribution in [-0.4, -0.2) is 5.91 Å². The van der Waals surface area contributed by atoms with Crippen LogP contribution in [-0.2, 0) is 0 Å². The normalized spacial score (nSPS) is 12.5. The molecule has 0 aliphatic carbocycles. The molecule has 1 rings (SSSR count). The first-order valence-electron chi connectivity index (χ1n) is 3.87. The number of rotatable bonds is 2. The summed E-state index contributed by atoms with van der Waals surface area (Å²) in [5.74, 6) is -0.998. The fourth-order valence-corrected chi connectivity index (χ4v) is 1.05. The quantitative estimate of drug-likeness (QED) is 0.714. The lowest BCUT2D eigenvalue weighted by Gasteiger charge is -2.07. The topological polar surface area (TPSA) is 69.1 Å². The predicted molar refractivity (Wildman–Crippen MR) is 47.5 cm³/mol. The highest BCUT2D eigenvalue weighted by molar-refractivity contribution is 5.92. The van der Waals surface area contributed by atoms with E-state index in [2.05, 4.69) is 0 Å². The molecule has 1 aromatic rings. The molecule has 3 nitrogen and oxygen atoms in total. The molecule has 0 fully saturated rings. The first-order chi connectivity index (χ1) is 6.02. The fourth-order valence-electron chi connectivity index (χ4n) is 1.05. The van der Waals surface area contributed by atoms with E-state index in [1.54, 1.807) is 6.92 Å². The maximum atomic E-state index is 13.1. The fraction of sp³-hybridized carbons (Fsp3) is 0.222. The highest BCUT2D eigenvalue weighted by Gasteiger charge is 2.09. The van der Waals surface area contributed by atoms with Gasteiger partial charge in [-0.2, -0.15) is 0 Å². The molecule has 0 saturated heterocycles. The first-order valence-corrected chi connectivity index (χ1v) is 3.87. The zero-order valence-electron chi connectivity index (χ0n) is 7.25. The average Bonchev–Trinajstić information content (AvgIpc) is 2.04. The molecular weight excluding hydrogens is 171 g/mol. The van der Waals surface area contributed by atoms with Crippen molar-refractivity contribution in [2.75, 3.05) is 0 Å². The monoisotopic (exact) mass is 182 g/mol. The second-order valence-corrected chi connectivity index (χ2v) is 2.89. The minimum absolute atomic E-state index is 0.272. The molecule has 0 radical (unpaired) electrons. The number of benzene rings is 1. The van der Waals surface area contributed by atoms with Crippen LogP contribution in [0.3, 0.4) is 0 Å². The highest BCUT2D eigenvalue weighted by atomic mass is 19.1. The maximum Gasteiger partial charge on any atom is 0.248 e. The number of amides is 1. The van der Waals surface area contributed by atoms with Gasteiger partial charge in [-0.05, 0) is 25.1 Å². The van der Waals surface area contributed by atoms with Crippen LogP contribution in [0.4, 0.5) is 4.39 Å². The summed E-state index contributed by atoms with van der Waals surface area (Å²) in [4.78, 5) is 10.7. The van der Waals surface area contributed by atoms with E-state index in [0.717, 1.165) is 0 Å². The molecule has 70 valence electrons. The van der Waals surface area contributed by atoms with Crippen molar-refractivity contribution in [1.29, 1.82) is 0 Å². The van der Waals surface area contributed by atoms with Crippen molar-refractivity contribution < 1.29 is 9.18 Å². The summed E-state index contributed by atoms with van der Waals surface area (Å²) in [7, 11) is 0. The van der Waals surface area contributed by atoms with Gasteiger partial charge in [0, 0.05) is 17.2 Å². The Bertz CT molecular complexity index is 336. The van der Waals surface area contributed by atoms with Crippen LogP contribution in [0.5, 0.6) is 0 Å². The van der Waals surface area contributed by atoms with Crippen molar-refractivity contribution in [3.05, 3.63) is 35.1 Å². The number of hydrogen-bond acceptors (Lipinski definition) is 2. The number of hydrogen-bond donors (Lipinski definition) is 2. The Balaban J connectivity index is 3.19. The minimum atomic E-state index is -0.582. The Hall–Kier alpha value is -1.42. The second-order valence-electron chi connectivity index (χ2n) is 2.89. The average molecular weight is 182 g/mol. The van der Waals surface area contributed by atoms with Crippen LogP contribution >= 0.6 is 0 Å².